The van der Waals surface area contributed by atoms with Crippen LogP contribution in [0.3, 0.4) is 0 Å². The van der Waals surface area contributed by atoms with Gasteiger partial charge in [-0.2, -0.15) is 0 Å². The van der Waals surface area contributed by atoms with E-state index in [1.54, 1.807) is 0 Å². The zero-order chi connectivity index (χ0) is 22.7. The first-order chi connectivity index (χ1) is 13.5. The maximum atomic E-state index is 12.5. The Bertz CT molecular complexity index is 818. The van der Waals surface area contributed by atoms with Crippen molar-refractivity contribution in [2.75, 3.05) is 0 Å². The lowest BCUT2D eigenvalue weighted by Gasteiger charge is -2.57. The Hall–Kier alpha value is -0.630. The van der Waals surface area contributed by atoms with Gasteiger partial charge in [0.15, 0.2) is 5.78 Å². The summed E-state index contributed by atoms with van der Waals surface area (Å²) in [6, 6.07) is -0.793. The van der Waals surface area contributed by atoms with Gasteiger partial charge in [0.25, 0.3) is 0 Å². The predicted octanol–water partition coefficient (Wildman–Crippen LogP) is 4.13. The van der Waals surface area contributed by atoms with Gasteiger partial charge in [-0.3, -0.25) is 4.79 Å². The summed E-state index contributed by atoms with van der Waals surface area (Å²) in [5.41, 5.74) is -2.63. The van der Waals surface area contributed by atoms with E-state index >= 15 is 0 Å². The Balaban J connectivity index is 1.96. The summed E-state index contributed by atoms with van der Waals surface area (Å²) >= 11 is 0. The van der Waals surface area contributed by atoms with Gasteiger partial charge in [0.2, 0.25) is 0 Å². The molecule has 2 heteroatoms. The Morgan fingerprint density at radius 2 is 2.18 bits per heavy atom. The quantitative estimate of drug-likeness (QED) is 0.730. The van der Waals surface area contributed by atoms with Crippen LogP contribution in [0.2, 0.25) is 0 Å². The van der Waals surface area contributed by atoms with Gasteiger partial charge in [-0.05, 0) is 79.0 Å². The second kappa shape index (κ2) is 4.69. The predicted molar refractivity (Wildman–Crippen MR) is 87.3 cm³/mol. The largest absolute Gasteiger partial charge is 0.392 e. The van der Waals surface area contributed by atoms with Crippen molar-refractivity contribution in [1.82, 2.24) is 0 Å². The highest BCUT2D eigenvalue weighted by atomic mass is 16.3. The minimum atomic E-state index is -2.75. The summed E-state index contributed by atoms with van der Waals surface area (Å²) < 4.78 is 67.5. The smallest absolute Gasteiger partial charge is 0.155 e. The third-order valence-corrected chi connectivity index (χ3v) is 7.08. The Labute approximate surface area is 145 Å². The topological polar surface area (TPSA) is 37.3 Å². The van der Waals surface area contributed by atoms with Crippen LogP contribution in [0, 0.1) is 34.5 Å². The first-order valence-corrected chi connectivity index (χ1v) is 8.45. The molecule has 0 spiro atoms. The second-order valence-corrected chi connectivity index (χ2v) is 8.11. The molecule has 3 saturated carbocycles. The molecule has 3 fully saturated rings. The molecule has 122 valence electrons. The lowest BCUT2D eigenvalue weighted by atomic mass is 9.47. The molecule has 1 unspecified atom stereocenters. The molecule has 0 saturated heterocycles. The Morgan fingerprint density at radius 1 is 1.36 bits per heavy atom. The molecular weight excluding hydrogens is 272 g/mol. The molecule has 0 aromatic heterocycles. The van der Waals surface area contributed by atoms with Gasteiger partial charge in [-0.25, -0.2) is 0 Å². The Kier molecular flexibility index (Phi) is 1.80. The maximum absolute atomic E-state index is 12.5. The first-order valence-electron chi connectivity index (χ1n) is 12.5. The molecule has 0 heterocycles. The van der Waals surface area contributed by atoms with Gasteiger partial charge in [0.1, 0.15) is 0 Å². The monoisotopic (exact) mass is 310 g/mol. The van der Waals surface area contributed by atoms with E-state index in [2.05, 4.69) is 0 Å². The molecule has 0 aromatic rings. The van der Waals surface area contributed by atoms with Crippen LogP contribution in [0.25, 0.3) is 0 Å². The zero-order valence-electron chi connectivity index (χ0n) is 21.3. The second-order valence-electron chi connectivity index (χ2n) is 8.11. The standard InChI is InChI=1S/C20H30O2/c1-12-10-17-15-5-4-13-11-14(21)6-8-19(13,2)16(15)7-9-20(17,3)18(12)22/h11-12,15-18,22H,4-10H2,1-3H3/t12?,15-,16+,17+,18+,19+,20+/m1/s1/i2D3,4D2,6D2,11D. The number of fused-ring (bicyclic) bond motifs is 5. The number of carbonyl (C=O) groups excluding carboxylic acids is 1. The summed E-state index contributed by atoms with van der Waals surface area (Å²) in [5, 5.41) is 10.8. The molecule has 4 aliphatic rings. The van der Waals surface area contributed by atoms with Gasteiger partial charge in [0, 0.05) is 16.0 Å². The van der Waals surface area contributed by atoms with E-state index in [0.717, 1.165) is 0 Å². The molecule has 22 heavy (non-hydrogen) atoms. The highest BCUT2D eigenvalue weighted by Gasteiger charge is 2.60. The highest BCUT2D eigenvalue weighted by Crippen LogP contribution is 2.65. The average Bonchev–Trinajstić information content (AvgIpc) is 2.82. The van der Waals surface area contributed by atoms with Crippen molar-refractivity contribution >= 4 is 5.78 Å². The fraction of sp³-hybridized carbons (Fsp3) is 0.850. The van der Waals surface area contributed by atoms with E-state index in [1.165, 1.54) is 0 Å². The number of ketones is 1. The molecule has 2 nitrogen and oxygen atoms in total. The van der Waals surface area contributed by atoms with E-state index in [9.17, 15) is 9.90 Å². The summed E-state index contributed by atoms with van der Waals surface area (Å²) in [5.74, 6) is -2.07. The van der Waals surface area contributed by atoms with Crippen molar-refractivity contribution in [3.8, 4) is 0 Å². The molecular formula is C20H30O2. The minimum absolute atomic E-state index is 0.00316. The van der Waals surface area contributed by atoms with Crippen molar-refractivity contribution in [2.45, 2.75) is 71.7 Å². The number of hydrogen-bond acceptors (Lipinski definition) is 2. The maximum Gasteiger partial charge on any atom is 0.155 e. The number of hydrogen-bond donors (Lipinski definition) is 1. The zero-order valence-corrected chi connectivity index (χ0v) is 13.3. The van der Waals surface area contributed by atoms with Crippen molar-refractivity contribution in [3.05, 3.63) is 11.6 Å². The Morgan fingerprint density at radius 3 is 2.95 bits per heavy atom. The third kappa shape index (κ3) is 1.79. The lowest BCUT2D eigenvalue weighted by Crippen LogP contribution is -2.51. The van der Waals surface area contributed by atoms with Crippen molar-refractivity contribution < 1.29 is 20.9 Å². The number of carbonyl (C=O) groups is 1. The van der Waals surface area contributed by atoms with E-state index in [4.69, 9.17) is 11.0 Å². The SMILES string of the molecule is [2H]C1=C2C([2H])([2H])C[C@H]3[C@@H]4CC(C)[C@H](O)[C@@]4(C)CC[C@@H]3[C@@]2(C([2H])([2H])[2H])CC([2H])([2H])C1=O. The minimum Gasteiger partial charge on any atom is -0.392 e. The molecule has 4 rings (SSSR count). The first kappa shape index (κ1) is 8.46. The van der Waals surface area contributed by atoms with Crippen molar-refractivity contribution in [2.24, 2.45) is 34.5 Å². The van der Waals surface area contributed by atoms with Gasteiger partial charge < -0.3 is 5.11 Å². The molecule has 0 radical (unpaired) electrons. The molecule has 7 atom stereocenters. The van der Waals surface area contributed by atoms with Crippen molar-refractivity contribution in [1.29, 1.82) is 0 Å². The van der Waals surface area contributed by atoms with E-state index < -0.39 is 60.7 Å². The normalized spacial score (nSPS) is 65.2. The summed E-state index contributed by atoms with van der Waals surface area (Å²) in [4.78, 5) is 12.5. The van der Waals surface area contributed by atoms with Crippen LogP contribution in [-0.2, 0) is 4.79 Å². The van der Waals surface area contributed by atoms with Crippen LogP contribution in [-0.4, -0.2) is 17.0 Å². The van der Waals surface area contributed by atoms with Crippen LogP contribution in [0.4, 0.5) is 0 Å². The van der Waals surface area contributed by atoms with Gasteiger partial charge in [-0.1, -0.05) is 26.3 Å². The fourth-order valence-corrected chi connectivity index (χ4v) is 5.84. The van der Waals surface area contributed by atoms with E-state index in [1.807, 2.05) is 13.8 Å². The van der Waals surface area contributed by atoms with Gasteiger partial charge >= 0.3 is 0 Å². The molecule has 0 aliphatic heterocycles. The fourth-order valence-electron chi connectivity index (χ4n) is 5.84. The van der Waals surface area contributed by atoms with Crippen LogP contribution < -0.4 is 0 Å². The van der Waals surface area contributed by atoms with Gasteiger partial charge in [0.05, 0.1) is 7.47 Å². The summed E-state index contributed by atoms with van der Waals surface area (Å²) in [7, 11) is 0. The van der Waals surface area contributed by atoms with Crippen molar-refractivity contribution in [3.63, 3.8) is 0 Å². The molecule has 0 amide bonds. The lowest BCUT2D eigenvalue weighted by molar-refractivity contribution is -0.118. The highest BCUT2D eigenvalue weighted by molar-refractivity contribution is 5.91. The van der Waals surface area contributed by atoms with Crippen LogP contribution in [0.1, 0.15) is 76.5 Å². The van der Waals surface area contributed by atoms with Crippen LogP contribution in [0.15, 0.2) is 11.6 Å². The van der Waals surface area contributed by atoms with E-state index in [0.29, 0.717) is 19.3 Å². The number of allylic oxidation sites excluding steroid dienone is 1. The molecule has 4 aliphatic carbocycles. The summed E-state index contributed by atoms with van der Waals surface area (Å²) in [6.45, 7) is 1.21. The van der Waals surface area contributed by atoms with E-state index in [-0.39, 0.29) is 29.7 Å². The van der Waals surface area contributed by atoms with Gasteiger partial charge in [-0.15, -0.1) is 0 Å². The average molecular weight is 311 g/mol. The molecule has 1 N–H and O–H groups in total. The van der Waals surface area contributed by atoms with Crippen LogP contribution in [0.5, 0.6) is 0 Å². The summed E-state index contributed by atoms with van der Waals surface area (Å²) in [6.07, 6.45) is -4.20. The third-order valence-electron chi connectivity index (χ3n) is 7.08. The van der Waals surface area contributed by atoms with Crippen LogP contribution >= 0.6 is 0 Å². The molecule has 0 bridgehead atoms. The number of aliphatic hydroxyl groups is 1. The molecule has 0 aromatic carbocycles. The number of aliphatic hydroxyl groups excluding tert-OH is 1. The number of rotatable bonds is 0.